The largest absolute Gasteiger partial charge is 0.377 e. The molecule has 1 N–H and O–H groups in total. The summed E-state index contributed by atoms with van der Waals surface area (Å²) in [5.41, 5.74) is 0. The molecule has 0 aromatic heterocycles. The number of nitrogens with one attached hydrogen (secondary N) is 1. The van der Waals surface area contributed by atoms with Gasteiger partial charge in [0, 0.05) is 32.3 Å². The van der Waals surface area contributed by atoms with Crippen molar-refractivity contribution in [2.75, 3.05) is 32.8 Å². The molecule has 2 atom stereocenters. The lowest BCUT2D eigenvalue weighted by Crippen LogP contribution is -2.43. The monoisotopic (exact) mass is 200 g/mol. The maximum atomic E-state index is 5.63. The van der Waals surface area contributed by atoms with E-state index in [2.05, 4.69) is 31.0 Å². The lowest BCUT2D eigenvalue weighted by Gasteiger charge is -2.28. The molecule has 0 spiro atoms. The number of ether oxygens (including phenoxy) is 1. The summed E-state index contributed by atoms with van der Waals surface area (Å²) in [6.07, 6.45) is 1.56. The van der Waals surface area contributed by atoms with Gasteiger partial charge in [-0.05, 0) is 26.8 Å². The average Bonchev–Trinajstić information content (AvgIpc) is 2.39. The molecule has 1 saturated heterocycles. The van der Waals surface area contributed by atoms with Crippen LogP contribution in [-0.2, 0) is 4.74 Å². The smallest absolute Gasteiger partial charge is 0.0674 e. The Balaban J connectivity index is 2.32. The molecule has 3 heteroatoms. The van der Waals surface area contributed by atoms with Crippen molar-refractivity contribution in [3.63, 3.8) is 0 Å². The molecule has 0 aromatic rings. The molecule has 0 bridgehead atoms. The Labute approximate surface area is 87.8 Å². The molecule has 84 valence electrons. The van der Waals surface area contributed by atoms with Crippen molar-refractivity contribution >= 4 is 0 Å². The van der Waals surface area contributed by atoms with Gasteiger partial charge in [0.05, 0.1) is 6.10 Å². The summed E-state index contributed by atoms with van der Waals surface area (Å²) in [6.45, 7) is 11.9. The highest BCUT2D eigenvalue weighted by molar-refractivity contribution is 4.74. The van der Waals surface area contributed by atoms with Crippen LogP contribution in [0.5, 0.6) is 0 Å². The number of rotatable bonds is 4. The molecule has 0 aliphatic carbocycles. The van der Waals surface area contributed by atoms with Gasteiger partial charge in [0.15, 0.2) is 0 Å². The fourth-order valence-electron chi connectivity index (χ4n) is 1.91. The molecule has 1 heterocycles. The van der Waals surface area contributed by atoms with Crippen molar-refractivity contribution in [2.24, 2.45) is 0 Å². The van der Waals surface area contributed by atoms with Crippen LogP contribution < -0.4 is 5.32 Å². The Kier molecular flexibility index (Phi) is 5.45. The number of likely N-dealkylation sites (N-methyl/N-ethyl adjacent to an activating group) is 1. The van der Waals surface area contributed by atoms with E-state index in [4.69, 9.17) is 4.74 Å². The van der Waals surface area contributed by atoms with Gasteiger partial charge in [0.1, 0.15) is 0 Å². The molecule has 1 rings (SSSR count). The minimum absolute atomic E-state index is 0.390. The zero-order valence-electron chi connectivity index (χ0n) is 9.75. The summed E-state index contributed by atoms with van der Waals surface area (Å²) in [5, 5.41) is 3.40. The van der Waals surface area contributed by atoms with E-state index in [1.165, 1.54) is 13.0 Å². The summed E-state index contributed by atoms with van der Waals surface area (Å²) in [4.78, 5) is 2.53. The minimum atomic E-state index is 0.390. The summed E-state index contributed by atoms with van der Waals surface area (Å²) < 4.78 is 5.63. The van der Waals surface area contributed by atoms with E-state index in [0.717, 1.165) is 26.2 Å². The normalized spacial score (nSPS) is 27.2. The summed E-state index contributed by atoms with van der Waals surface area (Å²) in [5.74, 6) is 0. The Morgan fingerprint density at radius 3 is 3.07 bits per heavy atom. The maximum absolute atomic E-state index is 5.63. The predicted octanol–water partition coefficient (Wildman–Crippen LogP) is 1.10. The number of hydrogen-bond acceptors (Lipinski definition) is 3. The Bertz CT molecular complexity index is 152. The highest BCUT2D eigenvalue weighted by Gasteiger charge is 2.19. The third kappa shape index (κ3) is 3.95. The van der Waals surface area contributed by atoms with Crippen LogP contribution in [0.4, 0.5) is 0 Å². The van der Waals surface area contributed by atoms with E-state index < -0.39 is 0 Å². The fraction of sp³-hybridized carbons (Fsp3) is 1.00. The second-order valence-electron chi connectivity index (χ2n) is 4.19. The first kappa shape index (κ1) is 12.0. The van der Waals surface area contributed by atoms with Crippen molar-refractivity contribution in [1.82, 2.24) is 10.2 Å². The first-order chi connectivity index (χ1) is 6.74. The first-order valence-electron chi connectivity index (χ1n) is 5.80. The standard InChI is InChI=1S/C11H24N2O/c1-4-12-8-10(2)13-6-5-7-14-11(3)9-13/h10-12H,4-9H2,1-3H3. The van der Waals surface area contributed by atoms with Crippen molar-refractivity contribution in [3.05, 3.63) is 0 Å². The number of nitrogens with zero attached hydrogens (tertiary/aromatic N) is 1. The second-order valence-corrected chi connectivity index (χ2v) is 4.19. The van der Waals surface area contributed by atoms with Crippen molar-refractivity contribution in [2.45, 2.75) is 39.3 Å². The van der Waals surface area contributed by atoms with Gasteiger partial charge in [-0.1, -0.05) is 6.92 Å². The Hall–Kier alpha value is -0.120. The predicted molar refractivity (Wildman–Crippen MR) is 59.6 cm³/mol. The zero-order valence-corrected chi connectivity index (χ0v) is 9.75. The highest BCUT2D eigenvalue weighted by atomic mass is 16.5. The molecule has 2 unspecified atom stereocenters. The molecule has 0 saturated carbocycles. The van der Waals surface area contributed by atoms with Gasteiger partial charge in [0.2, 0.25) is 0 Å². The topological polar surface area (TPSA) is 24.5 Å². The van der Waals surface area contributed by atoms with Gasteiger partial charge >= 0.3 is 0 Å². The van der Waals surface area contributed by atoms with Gasteiger partial charge in [-0.3, -0.25) is 4.90 Å². The van der Waals surface area contributed by atoms with Gasteiger partial charge in [-0.15, -0.1) is 0 Å². The molecule has 1 aliphatic rings. The Morgan fingerprint density at radius 2 is 2.36 bits per heavy atom. The van der Waals surface area contributed by atoms with Gasteiger partial charge in [-0.25, -0.2) is 0 Å². The average molecular weight is 200 g/mol. The van der Waals surface area contributed by atoms with E-state index in [0.29, 0.717) is 12.1 Å². The van der Waals surface area contributed by atoms with Crippen molar-refractivity contribution in [3.8, 4) is 0 Å². The number of hydrogen-bond donors (Lipinski definition) is 1. The third-order valence-electron chi connectivity index (χ3n) is 2.80. The first-order valence-corrected chi connectivity index (χ1v) is 5.80. The van der Waals surface area contributed by atoms with E-state index in [1.807, 2.05) is 0 Å². The van der Waals surface area contributed by atoms with E-state index in [-0.39, 0.29) is 0 Å². The maximum Gasteiger partial charge on any atom is 0.0674 e. The molecule has 3 nitrogen and oxygen atoms in total. The van der Waals surface area contributed by atoms with Gasteiger partial charge in [-0.2, -0.15) is 0 Å². The van der Waals surface area contributed by atoms with Crippen LogP contribution in [0.15, 0.2) is 0 Å². The Morgan fingerprint density at radius 1 is 1.57 bits per heavy atom. The van der Waals surface area contributed by atoms with Crippen LogP contribution >= 0.6 is 0 Å². The molecule has 14 heavy (non-hydrogen) atoms. The second kappa shape index (κ2) is 6.38. The van der Waals surface area contributed by atoms with Gasteiger partial charge < -0.3 is 10.1 Å². The zero-order chi connectivity index (χ0) is 10.4. The van der Waals surface area contributed by atoms with E-state index >= 15 is 0 Å². The van der Waals surface area contributed by atoms with Crippen LogP contribution in [0, 0.1) is 0 Å². The summed E-state index contributed by atoms with van der Waals surface area (Å²) in [6, 6.07) is 0.624. The molecule has 1 fully saturated rings. The fourth-order valence-corrected chi connectivity index (χ4v) is 1.91. The van der Waals surface area contributed by atoms with E-state index in [9.17, 15) is 0 Å². The van der Waals surface area contributed by atoms with Crippen LogP contribution in [-0.4, -0.2) is 49.8 Å². The summed E-state index contributed by atoms with van der Waals surface area (Å²) in [7, 11) is 0. The lowest BCUT2D eigenvalue weighted by molar-refractivity contribution is 0.0620. The van der Waals surface area contributed by atoms with Crippen LogP contribution in [0.25, 0.3) is 0 Å². The molecule has 0 radical (unpaired) electrons. The van der Waals surface area contributed by atoms with Crippen LogP contribution in [0.3, 0.4) is 0 Å². The van der Waals surface area contributed by atoms with Crippen LogP contribution in [0.2, 0.25) is 0 Å². The lowest BCUT2D eigenvalue weighted by atomic mass is 10.2. The van der Waals surface area contributed by atoms with Crippen molar-refractivity contribution < 1.29 is 4.74 Å². The molecular formula is C11H24N2O. The molecule has 0 amide bonds. The SMILES string of the molecule is CCNCC(C)N1CCCOC(C)C1. The molecule has 1 aliphatic heterocycles. The van der Waals surface area contributed by atoms with Gasteiger partial charge in [0.25, 0.3) is 0 Å². The molecular weight excluding hydrogens is 176 g/mol. The quantitative estimate of drug-likeness (QED) is 0.735. The minimum Gasteiger partial charge on any atom is -0.377 e. The van der Waals surface area contributed by atoms with E-state index in [1.54, 1.807) is 0 Å². The molecule has 0 aromatic carbocycles. The van der Waals surface area contributed by atoms with Crippen molar-refractivity contribution in [1.29, 1.82) is 0 Å². The third-order valence-corrected chi connectivity index (χ3v) is 2.80. The van der Waals surface area contributed by atoms with Crippen LogP contribution in [0.1, 0.15) is 27.2 Å². The summed E-state index contributed by atoms with van der Waals surface area (Å²) >= 11 is 0. The highest BCUT2D eigenvalue weighted by Crippen LogP contribution is 2.08.